The highest BCUT2D eigenvalue weighted by atomic mass is 16.5. The SMILES string of the molecule is CN=C(NCc1coc(-c2ccccc2)n1)NC1CCN(C(=O)OC)CC1. The van der Waals surface area contributed by atoms with Gasteiger partial charge < -0.3 is 24.7 Å². The van der Waals surface area contributed by atoms with Gasteiger partial charge in [0.05, 0.1) is 19.3 Å². The van der Waals surface area contributed by atoms with E-state index >= 15 is 0 Å². The predicted molar refractivity (Wildman–Crippen MR) is 102 cm³/mol. The molecule has 0 aliphatic carbocycles. The number of hydrogen-bond acceptors (Lipinski definition) is 5. The number of carbonyl (C=O) groups excluding carboxylic acids is 1. The van der Waals surface area contributed by atoms with Crippen LogP contribution in [0.3, 0.4) is 0 Å². The molecule has 3 rings (SSSR count). The first kappa shape index (κ1) is 18.8. The van der Waals surface area contributed by atoms with Gasteiger partial charge in [0.25, 0.3) is 0 Å². The number of aromatic nitrogens is 1. The molecule has 144 valence electrons. The summed E-state index contributed by atoms with van der Waals surface area (Å²) in [5.41, 5.74) is 1.75. The van der Waals surface area contributed by atoms with Gasteiger partial charge in [0, 0.05) is 31.7 Å². The number of benzene rings is 1. The molecule has 1 amide bonds. The van der Waals surface area contributed by atoms with E-state index in [4.69, 9.17) is 9.15 Å². The first-order chi connectivity index (χ1) is 13.2. The number of hydrogen-bond donors (Lipinski definition) is 2. The standard InChI is InChI=1S/C19H25N5O3/c1-20-18(23-15-8-10-24(11-9-15)19(25)26-2)21-12-16-13-27-17(22-16)14-6-4-3-5-7-14/h3-7,13,15H,8-12H2,1-2H3,(H2,20,21,23). The molecule has 8 nitrogen and oxygen atoms in total. The highest BCUT2D eigenvalue weighted by molar-refractivity contribution is 5.80. The predicted octanol–water partition coefficient (Wildman–Crippen LogP) is 2.24. The Morgan fingerprint density at radius 3 is 2.74 bits per heavy atom. The lowest BCUT2D eigenvalue weighted by Gasteiger charge is -2.32. The van der Waals surface area contributed by atoms with E-state index in [0.29, 0.717) is 31.5 Å². The zero-order valence-corrected chi connectivity index (χ0v) is 15.6. The Hall–Kier alpha value is -3.03. The fraction of sp³-hybridized carbons (Fsp3) is 0.421. The molecule has 0 saturated carbocycles. The zero-order valence-electron chi connectivity index (χ0n) is 15.6. The van der Waals surface area contributed by atoms with Crippen LogP contribution in [0.2, 0.25) is 0 Å². The number of guanidine groups is 1. The second-order valence-corrected chi connectivity index (χ2v) is 6.31. The largest absolute Gasteiger partial charge is 0.453 e. The van der Waals surface area contributed by atoms with Gasteiger partial charge in [0.2, 0.25) is 5.89 Å². The Balaban J connectivity index is 1.48. The third-order valence-corrected chi connectivity index (χ3v) is 4.50. The lowest BCUT2D eigenvalue weighted by molar-refractivity contribution is 0.111. The van der Waals surface area contributed by atoms with Gasteiger partial charge in [-0.3, -0.25) is 4.99 Å². The van der Waals surface area contributed by atoms with Crippen molar-refractivity contribution in [3.05, 3.63) is 42.3 Å². The van der Waals surface area contributed by atoms with Gasteiger partial charge in [0.15, 0.2) is 5.96 Å². The maximum absolute atomic E-state index is 11.5. The molecular formula is C19H25N5O3. The molecule has 27 heavy (non-hydrogen) atoms. The molecule has 1 fully saturated rings. The highest BCUT2D eigenvalue weighted by Gasteiger charge is 2.23. The fourth-order valence-corrected chi connectivity index (χ4v) is 3.00. The Labute approximate surface area is 158 Å². The minimum Gasteiger partial charge on any atom is -0.453 e. The van der Waals surface area contributed by atoms with Crippen LogP contribution >= 0.6 is 0 Å². The fourth-order valence-electron chi connectivity index (χ4n) is 3.00. The van der Waals surface area contributed by atoms with Gasteiger partial charge in [0.1, 0.15) is 6.26 Å². The van der Waals surface area contributed by atoms with Gasteiger partial charge in [-0.15, -0.1) is 0 Å². The Morgan fingerprint density at radius 1 is 1.33 bits per heavy atom. The van der Waals surface area contributed by atoms with Crippen molar-refractivity contribution < 1.29 is 13.9 Å². The summed E-state index contributed by atoms with van der Waals surface area (Å²) in [7, 11) is 3.14. The molecule has 1 aromatic heterocycles. The maximum atomic E-state index is 11.5. The van der Waals surface area contributed by atoms with E-state index in [1.54, 1.807) is 18.2 Å². The summed E-state index contributed by atoms with van der Waals surface area (Å²) in [6.07, 6.45) is 3.07. The molecule has 8 heteroatoms. The van der Waals surface area contributed by atoms with Crippen LogP contribution in [-0.2, 0) is 11.3 Å². The lowest BCUT2D eigenvalue weighted by atomic mass is 10.1. The van der Waals surface area contributed by atoms with Crippen LogP contribution in [-0.4, -0.2) is 55.2 Å². The van der Waals surface area contributed by atoms with Gasteiger partial charge in [-0.25, -0.2) is 9.78 Å². The molecule has 0 bridgehead atoms. The number of carbonyl (C=O) groups is 1. The number of nitrogens with one attached hydrogen (secondary N) is 2. The van der Waals surface area contributed by atoms with Crippen molar-refractivity contribution in [2.75, 3.05) is 27.2 Å². The monoisotopic (exact) mass is 371 g/mol. The average molecular weight is 371 g/mol. The van der Waals surface area contributed by atoms with Crippen molar-refractivity contribution >= 4 is 12.1 Å². The summed E-state index contributed by atoms with van der Waals surface area (Å²) >= 11 is 0. The number of likely N-dealkylation sites (tertiary alicyclic amines) is 1. The zero-order chi connectivity index (χ0) is 19.1. The van der Waals surface area contributed by atoms with Crippen molar-refractivity contribution in [1.82, 2.24) is 20.5 Å². The van der Waals surface area contributed by atoms with Crippen molar-refractivity contribution in [3.63, 3.8) is 0 Å². The van der Waals surface area contributed by atoms with Crippen LogP contribution in [0.4, 0.5) is 4.79 Å². The third-order valence-electron chi connectivity index (χ3n) is 4.50. The smallest absolute Gasteiger partial charge is 0.409 e. The lowest BCUT2D eigenvalue weighted by Crippen LogP contribution is -2.49. The summed E-state index contributed by atoms with van der Waals surface area (Å²) < 4.78 is 10.3. The van der Waals surface area contributed by atoms with E-state index in [2.05, 4.69) is 20.6 Å². The number of rotatable bonds is 4. The van der Waals surface area contributed by atoms with Crippen LogP contribution in [0.5, 0.6) is 0 Å². The Kier molecular flexibility index (Phi) is 6.30. The summed E-state index contributed by atoms with van der Waals surface area (Å²) in [5.74, 6) is 1.31. The van der Waals surface area contributed by atoms with Crippen LogP contribution in [0.15, 0.2) is 46.0 Å². The maximum Gasteiger partial charge on any atom is 0.409 e. The van der Waals surface area contributed by atoms with Crippen molar-refractivity contribution in [3.8, 4) is 11.5 Å². The van der Waals surface area contributed by atoms with Gasteiger partial charge in [-0.05, 0) is 25.0 Å². The first-order valence-electron chi connectivity index (χ1n) is 8.99. The Morgan fingerprint density at radius 2 is 2.07 bits per heavy atom. The van der Waals surface area contributed by atoms with E-state index in [1.165, 1.54) is 7.11 Å². The van der Waals surface area contributed by atoms with E-state index in [1.807, 2.05) is 30.3 Å². The van der Waals surface area contributed by atoms with E-state index in [0.717, 1.165) is 24.1 Å². The molecule has 0 radical (unpaired) electrons. The van der Waals surface area contributed by atoms with Crippen LogP contribution in [0.25, 0.3) is 11.5 Å². The van der Waals surface area contributed by atoms with Crippen LogP contribution < -0.4 is 10.6 Å². The molecule has 2 heterocycles. The molecular weight excluding hydrogens is 346 g/mol. The Bertz CT molecular complexity index is 767. The van der Waals surface area contributed by atoms with Crippen LogP contribution in [0.1, 0.15) is 18.5 Å². The summed E-state index contributed by atoms with van der Waals surface area (Å²) in [4.78, 5) is 22.0. The van der Waals surface area contributed by atoms with Crippen molar-refractivity contribution in [2.24, 2.45) is 4.99 Å². The summed E-state index contributed by atoms with van der Waals surface area (Å²) in [5, 5.41) is 6.65. The third kappa shape index (κ3) is 4.99. The molecule has 0 spiro atoms. The van der Waals surface area contributed by atoms with Crippen LogP contribution in [0, 0.1) is 0 Å². The number of methoxy groups -OCH3 is 1. The van der Waals surface area contributed by atoms with Gasteiger partial charge >= 0.3 is 6.09 Å². The molecule has 1 aromatic carbocycles. The second kappa shape index (κ2) is 9.07. The van der Waals surface area contributed by atoms with Crippen molar-refractivity contribution in [1.29, 1.82) is 0 Å². The molecule has 1 aliphatic rings. The normalized spacial score (nSPS) is 15.5. The number of ether oxygens (including phenoxy) is 1. The number of piperidine rings is 1. The second-order valence-electron chi connectivity index (χ2n) is 6.31. The molecule has 2 N–H and O–H groups in total. The molecule has 0 unspecified atom stereocenters. The van der Waals surface area contributed by atoms with Crippen molar-refractivity contribution in [2.45, 2.75) is 25.4 Å². The van der Waals surface area contributed by atoms with Gasteiger partial charge in [-0.1, -0.05) is 18.2 Å². The first-order valence-corrected chi connectivity index (χ1v) is 8.99. The summed E-state index contributed by atoms with van der Waals surface area (Å²) in [6.45, 7) is 1.85. The van der Waals surface area contributed by atoms with E-state index < -0.39 is 0 Å². The molecule has 2 aromatic rings. The van der Waals surface area contributed by atoms with E-state index in [9.17, 15) is 4.79 Å². The molecule has 0 atom stereocenters. The quantitative estimate of drug-likeness (QED) is 0.633. The average Bonchev–Trinajstić information content (AvgIpc) is 3.20. The highest BCUT2D eigenvalue weighted by Crippen LogP contribution is 2.17. The van der Waals surface area contributed by atoms with E-state index in [-0.39, 0.29) is 12.1 Å². The number of oxazole rings is 1. The number of nitrogens with zero attached hydrogens (tertiary/aromatic N) is 3. The number of aliphatic imine (C=N–C) groups is 1. The summed E-state index contributed by atoms with van der Waals surface area (Å²) in [6, 6.07) is 10.0. The minimum absolute atomic E-state index is 0.259. The topological polar surface area (TPSA) is 92.0 Å². The number of amides is 1. The minimum atomic E-state index is -0.267. The molecule has 1 aliphatic heterocycles. The molecule has 1 saturated heterocycles. The van der Waals surface area contributed by atoms with Gasteiger partial charge in [-0.2, -0.15) is 0 Å².